The summed E-state index contributed by atoms with van der Waals surface area (Å²) in [7, 11) is 0. The molecule has 2 nitrogen and oxygen atoms in total. The van der Waals surface area contributed by atoms with Crippen LogP contribution in [0.1, 0.15) is 11.9 Å². The van der Waals surface area contributed by atoms with E-state index >= 15 is 0 Å². The second-order valence-corrected chi connectivity index (χ2v) is 2.83. The molecule has 0 atom stereocenters. The number of thiazole rings is 1. The fraction of sp³-hybridized carbons (Fsp3) is 0.500. The van der Waals surface area contributed by atoms with Crippen LogP contribution in [0.3, 0.4) is 0 Å². The van der Waals surface area contributed by atoms with E-state index in [2.05, 4.69) is 4.98 Å². The molecule has 3 heteroatoms. The molecule has 0 aliphatic heterocycles. The van der Waals surface area contributed by atoms with Gasteiger partial charge in [0.25, 0.3) is 0 Å². The SMILES string of the molecule is CCOc1cnc(C)s1. The van der Waals surface area contributed by atoms with Gasteiger partial charge in [0.05, 0.1) is 17.8 Å². The van der Waals surface area contributed by atoms with Crippen molar-refractivity contribution in [1.82, 2.24) is 4.98 Å². The Bertz CT molecular complexity index is 185. The summed E-state index contributed by atoms with van der Waals surface area (Å²) in [5.74, 6) is 0. The Morgan fingerprint density at radius 1 is 1.78 bits per heavy atom. The van der Waals surface area contributed by atoms with Gasteiger partial charge in [-0.2, -0.15) is 0 Å². The highest BCUT2D eigenvalue weighted by molar-refractivity contribution is 7.13. The monoisotopic (exact) mass is 143 g/mol. The van der Waals surface area contributed by atoms with Crippen molar-refractivity contribution in [3.05, 3.63) is 11.2 Å². The highest BCUT2D eigenvalue weighted by atomic mass is 32.1. The molecule has 1 heterocycles. The van der Waals surface area contributed by atoms with Crippen LogP contribution in [0.5, 0.6) is 5.06 Å². The Morgan fingerprint density at radius 2 is 2.56 bits per heavy atom. The van der Waals surface area contributed by atoms with E-state index in [1.807, 2.05) is 13.8 Å². The second kappa shape index (κ2) is 2.82. The molecule has 0 N–H and O–H groups in total. The third-order valence-corrected chi connectivity index (χ3v) is 1.71. The van der Waals surface area contributed by atoms with Crippen molar-refractivity contribution in [2.24, 2.45) is 0 Å². The lowest BCUT2D eigenvalue weighted by molar-refractivity contribution is 0.349. The summed E-state index contributed by atoms with van der Waals surface area (Å²) in [6.07, 6.45) is 1.75. The van der Waals surface area contributed by atoms with Gasteiger partial charge in [0.1, 0.15) is 0 Å². The van der Waals surface area contributed by atoms with E-state index in [9.17, 15) is 0 Å². The van der Waals surface area contributed by atoms with Crippen LogP contribution in [0.2, 0.25) is 0 Å². The maximum absolute atomic E-state index is 5.18. The molecule has 1 aromatic heterocycles. The normalized spacial score (nSPS) is 9.56. The lowest BCUT2D eigenvalue weighted by Gasteiger charge is -1.92. The molecule has 0 aliphatic rings. The van der Waals surface area contributed by atoms with Crippen molar-refractivity contribution >= 4 is 11.3 Å². The highest BCUT2D eigenvalue weighted by Crippen LogP contribution is 2.19. The molecule has 9 heavy (non-hydrogen) atoms. The van der Waals surface area contributed by atoms with Crippen LogP contribution in [-0.4, -0.2) is 11.6 Å². The van der Waals surface area contributed by atoms with E-state index in [1.165, 1.54) is 0 Å². The smallest absolute Gasteiger partial charge is 0.194 e. The van der Waals surface area contributed by atoms with Crippen molar-refractivity contribution in [1.29, 1.82) is 0 Å². The predicted octanol–water partition coefficient (Wildman–Crippen LogP) is 1.85. The standard InChI is InChI=1S/C6H9NOS/c1-3-8-6-4-7-5(2)9-6/h4H,3H2,1-2H3. The van der Waals surface area contributed by atoms with Crippen molar-refractivity contribution in [2.45, 2.75) is 13.8 Å². The summed E-state index contributed by atoms with van der Waals surface area (Å²) in [5.41, 5.74) is 0. The molecule has 0 unspecified atom stereocenters. The molecule has 1 rings (SSSR count). The first-order valence-electron chi connectivity index (χ1n) is 2.88. The second-order valence-electron chi connectivity index (χ2n) is 1.63. The first kappa shape index (κ1) is 6.55. The average molecular weight is 143 g/mol. The fourth-order valence-electron chi connectivity index (χ4n) is 0.551. The van der Waals surface area contributed by atoms with Gasteiger partial charge in [0, 0.05) is 0 Å². The van der Waals surface area contributed by atoms with Crippen LogP contribution in [0.25, 0.3) is 0 Å². The summed E-state index contributed by atoms with van der Waals surface area (Å²) < 4.78 is 5.18. The maximum atomic E-state index is 5.18. The number of aryl methyl sites for hydroxylation is 1. The summed E-state index contributed by atoms with van der Waals surface area (Å²) in [5, 5.41) is 1.97. The molecule has 50 valence electrons. The largest absolute Gasteiger partial charge is 0.483 e. The van der Waals surface area contributed by atoms with Gasteiger partial charge in [0.2, 0.25) is 0 Å². The van der Waals surface area contributed by atoms with Gasteiger partial charge in [-0.05, 0) is 13.8 Å². The zero-order chi connectivity index (χ0) is 6.69. The molecule has 0 aliphatic carbocycles. The summed E-state index contributed by atoms with van der Waals surface area (Å²) in [6, 6.07) is 0. The van der Waals surface area contributed by atoms with Crippen LogP contribution < -0.4 is 4.74 Å². The molecule has 0 saturated heterocycles. The Morgan fingerprint density at radius 3 is 3.00 bits per heavy atom. The minimum Gasteiger partial charge on any atom is -0.483 e. The van der Waals surface area contributed by atoms with Gasteiger partial charge in [-0.3, -0.25) is 0 Å². The van der Waals surface area contributed by atoms with Crippen molar-refractivity contribution < 1.29 is 4.74 Å². The predicted molar refractivity (Wildman–Crippen MR) is 38.0 cm³/mol. The quantitative estimate of drug-likeness (QED) is 0.630. The Balaban J connectivity index is 2.61. The Hall–Kier alpha value is -0.570. The number of ether oxygens (including phenoxy) is 1. The van der Waals surface area contributed by atoms with E-state index in [4.69, 9.17) is 4.74 Å². The number of aromatic nitrogens is 1. The fourth-order valence-corrected chi connectivity index (χ4v) is 1.23. The van der Waals surface area contributed by atoms with Crippen LogP contribution in [0, 0.1) is 6.92 Å². The van der Waals surface area contributed by atoms with Gasteiger partial charge >= 0.3 is 0 Å². The van der Waals surface area contributed by atoms with Gasteiger partial charge in [-0.1, -0.05) is 11.3 Å². The van der Waals surface area contributed by atoms with E-state index in [0.717, 1.165) is 16.7 Å². The van der Waals surface area contributed by atoms with Crippen LogP contribution in [0.15, 0.2) is 6.20 Å². The first-order chi connectivity index (χ1) is 4.33. The molecule has 0 fully saturated rings. The molecule has 1 aromatic rings. The topological polar surface area (TPSA) is 22.1 Å². The number of nitrogens with zero attached hydrogens (tertiary/aromatic N) is 1. The first-order valence-corrected chi connectivity index (χ1v) is 3.70. The van der Waals surface area contributed by atoms with Gasteiger partial charge in [-0.15, -0.1) is 0 Å². The minimum atomic E-state index is 0.724. The van der Waals surface area contributed by atoms with Crippen molar-refractivity contribution in [3.8, 4) is 5.06 Å². The van der Waals surface area contributed by atoms with Crippen LogP contribution in [-0.2, 0) is 0 Å². The zero-order valence-electron chi connectivity index (χ0n) is 5.55. The highest BCUT2D eigenvalue weighted by Gasteiger charge is 1.94. The summed E-state index contributed by atoms with van der Waals surface area (Å²) in [6.45, 7) is 4.66. The lowest BCUT2D eigenvalue weighted by Crippen LogP contribution is -1.86. The molecule has 0 saturated carbocycles. The summed E-state index contributed by atoms with van der Waals surface area (Å²) in [4.78, 5) is 4.03. The molecule has 0 spiro atoms. The van der Waals surface area contributed by atoms with E-state index < -0.39 is 0 Å². The Labute approximate surface area is 58.5 Å². The lowest BCUT2D eigenvalue weighted by atomic mass is 10.8. The molecule has 0 bridgehead atoms. The van der Waals surface area contributed by atoms with Crippen LogP contribution in [0.4, 0.5) is 0 Å². The molecular weight excluding hydrogens is 134 g/mol. The van der Waals surface area contributed by atoms with Crippen molar-refractivity contribution in [3.63, 3.8) is 0 Å². The third kappa shape index (κ3) is 1.68. The molecule has 0 aromatic carbocycles. The molecule has 0 radical (unpaired) electrons. The van der Waals surface area contributed by atoms with E-state index in [1.54, 1.807) is 17.5 Å². The Kier molecular flexibility index (Phi) is 2.05. The van der Waals surface area contributed by atoms with E-state index in [-0.39, 0.29) is 0 Å². The number of hydrogen-bond acceptors (Lipinski definition) is 3. The van der Waals surface area contributed by atoms with Crippen molar-refractivity contribution in [2.75, 3.05) is 6.61 Å². The third-order valence-electron chi connectivity index (χ3n) is 0.887. The number of hydrogen-bond donors (Lipinski definition) is 0. The van der Waals surface area contributed by atoms with Gasteiger partial charge < -0.3 is 4.74 Å². The number of rotatable bonds is 2. The maximum Gasteiger partial charge on any atom is 0.194 e. The minimum absolute atomic E-state index is 0.724. The summed E-state index contributed by atoms with van der Waals surface area (Å²) >= 11 is 1.58. The van der Waals surface area contributed by atoms with Gasteiger partial charge in [0.15, 0.2) is 5.06 Å². The van der Waals surface area contributed by atoms with Crippen LogP contribution >= 0.6 is 11.3 Å². The zero-order valence-corrected chi connectivity index (χ0v) is 6.36. The van der Waals surface area contributed by atoms with Gasteiger partial charge in [-0.25, -0.2) is 4.98 Å². The average Bonchev–Trinajstić information content (AvgIpc) is 2.17. The molecular formula is C6H9NOS. The molecule has 0 amide bonds. The van der Waals surface area contributed by atoms with E-state index in [0.29, 0.717) is 0 Å².